The van der Waals surface area contributed by atoms with Crippen molar-refractivity contribution in [3.8, 4) is 28.0 Å². The first-order valence-corrected chi connectivity index (χ1v) is 8.54. The summed E-state index contributed by atoms with van der Waals surface area (Å²) in [6, 6.07) is 3.49. The Morgan fingerprint density at radius 3 is 2.84 bits per heavy atom. The van der Waals surface area contributed by atoms with Gasteiger partial charge >= 0.3 is 0 Å². The first kappa shape index (κ1) is 15.6. The number of carbonyl (C=O) groups is 1. The van der Waals surface area contributed by atoms with Gasteiger partial charge in [0.1, 0.15) is 5.75 Å². The first-order valence-electron chi connectivity index (χ1n) is 7.73. The second-order valence-electron chi connectivity index (χ2n) is 5.72. The smallest absolute Gasteiger partial charge is 0.259 e. The Balaban J connectivity index is 1.83. The van der Waals surface area contributed by atoms with E-state index in [1.807, 2.05) is 17.9 Å². The van der Waals surface area contributed by atoms with Gasteiger partial charge in [0.25, 0.3) is 5.91 Å². The summed E-state index contributed by atoms with van der Waals surface area (Å²) in [5.74, 6) is 0.636. The van der Waals surface area contributed by atoms with E-state index in [0.29, 0.717) is 21.6 Å². The summed E-state index contributed by atoms with van der Waals surface area (Å²) < 4.78 is 12.9. The molecule has 1 aliphatic rings. The van der Waals surface area contributed by atoms with E-state index in [4.69, 9.17) is 15.2 Å². The molecule has 25 heavy (non-hydrogen) atoms. The monoisotopic (exact) mass is 356 g/mol. The fraction of sp³-hybridized carbons (Fsp3) is 0.235. The zero-order chi connectivity index (χ0) is 17.6. The number of nitrogens with two attached hydrogens (primary N) is 1. The third-order valence-corrected chi connectivity index (χ3v) is 5.35. The highest BCUT2D eigenvalue weighted by molar-refractivity contribution is 7.16. The number of thiophene rings is 1. The second kappa shape index (κ2) is 5.89. The first-order chi connectivity index (χ1) is 12.1. The fourth-order valence-electron chi connectivity index (χ4n) is 3.09. The summed E-state index contributed by atoms with van der Waals surface area (Å²) in [6.07, 6.45) is 5.02. The van der Waals surface area contributed by atoms with Crippen molar-refractivity contribution in [2.75, 3.05) is 7.11 Å². The minimum Gasteiger partial charge on any atom is -0.481 e. The molecule has 0 saturated heterocycles. The number of hydrogen-bond donors (Lipinski definition) is 1. The number of hydrogen-bond acceptors (Lipinski definition) is 6. The maximum Gasteiger partial charge on any atom is 0.259 e. The maximum atomic E-state index is 11.9. The predicted molar refractivity (Wildman–Crippen MR) is 93.3 cm³/mol. The number of nitrogens with zero attached hydrogens (tertiary/aromatic N) is 3. The lowest BCUT2D eigenvalue weighted by Crippen LogP contribution is -2.13. The Bertz CT molecular complexity index is 959. The fourth-order valence-corrected chi connectivity index (χ4v) is 4.17. The van der Waals surface area contributed by atoms with Crippen LogP contribution in [-0.2, 0) is 19.9 Å². The van der Waals surface area contributed by atoms with Crippen LogP contribution in [0.15, 0.2) is 24.5 Å². The Labute approximate surface area is 148 Å². The summed E-state index contributed by atoms with van der Waals surface area (Å²) >= 11 is 1.27. The number of carbonyl (C=O) groups excluding carboxylic acids is 1. The molecule has 1 aliphatic carbocycles. The molecule has 3 aromatic rings. The molecule has 0 radical (unpaired) electrons. The molecule has 2 N–H and O–H groups in total. The number of pyridine rings is 1. The molecule has 0 unspecified atom stereocenters. The second-order valence-corrected chi connectivity index (χ2v) is 6.70. The van der Waals surface area contributed by atoms with Gasteiger partial charge in [-0.1, -0.05) is 11.3 Å². The summed E-state index contributed by atoms with van der Waals surface area (Å²) in [5.41, 5.74) is 9.53. The largest absolute Gasteiger partial charge is 0.481 e. The number of aryl methyl sites for hydroxylation is 2. The number of amides is 1. The molecule has 1 amide bonds. The summed E-state index contributed by atoms with van der Waals surface area (Å²) in [6.45, 7) is 0. The van der Waals surface area contributed by atoms with Crippen LogP contribution in [-0.4, -0.2) is 27.8 Å². The summed E-state index contributed by atoms with van der Waals surface area (Å²) in [4.78, 5) is 16.6. The number of rotatable bonds is 4. The van der Waals surface area contributed by atoms with Crippen LogP contribution < -0.4 is 15.2 Å². The standard InChI is InChI=1S/C17H16N4O3S/c1-21-14-9(7-20-21)3-5-11-13(14)17(25-15(11)16(18)22)24-10-4-6-12(23-2)19-8-10/h4,6-8H,3,5H2,1-2H3,(H2,18,22). The van der Waals surface area contributed by atoms with Crippen molar-refractivity contribution < 1.29 is 14.3 Å². The van der Waals surface area contributed by atoms with E-state index in [-0.39, 0.29) is 0 Å². The van der Waals surface area contributed by atoms with Gasteiger partial charge in [-0.2, -0.15) is 5.10 Å². The molecule has 3 aromatic heterocycles. The van der Waals surface area contributed by atoms with Gasteiger partial charge in [-0.3, -0.25) is 9.48 Å². The molecule has 3 heterocycles. The Kier molecular flexibility index (Phi) is 3.69. The molecule has 7 nitrogen and oxygen atoms in total. The third kappa shape index (κ3) is 2.54. The predicted octanol–water partition coefficient (Wildman–Crippen LogP) is 2.54. The molecule has 8 heteroatoms. The van der Waals surface area contributed by atoms with E-state index in [1.165, 1.54) is 11.3 Å². The van der Waals surface area contributed by atoms with Crippen molar-refractivity contribution in [2.24, 2.45) is 12.8 Å². The molecular formula is C17H16N4O3S. The van der Waals surface area contributed by atoms with Crippen LogP contribution in [0.2, 0.25) is 0 Å². The van der Waals surface area contributed by atoms with Crippen molar-refractivity contribution >= 4 is 17.2 Å². The zero-order valence-corrected chi connectivity index (χ0v) is 14.6. The van der Waals surface area contributed by atoms with Crippen molar-refractivity contribution in [1.29, 1.82) is 0 Å². The summed E-state index contributed by atoms with van der Waals surface area (Å²) in [7, 11) is 3.44. The summed E-state index contributed by atoms with van der Waals surface area (Å²) in [5, 5.41) is 4.97. The molecule has 0 aliphatic heterocycles. The number of methoxy groups -OCH3 is 1. The van der Waals surface area contributed by atoms with E-state index >= 15 is 0 Å². The number of primary amides is 1. The van der Waals surface area contributed by atoms with Gasteiger partial charge in [0.15, 0.2) is 5.06 Å². The number of fused-ring (bicyclic) bond motifs is 3. The average Bonchev–Trinajstić information content (AvgIpc) is 3.17. The number of aromatic nitrogens is 3. The lowest BCUT2D eigenvalue weighted by molar-refractivity contribution is 0.100. The SMILES string of the molecule is COc1ccc(Oc2sc(C(N)=O)c3c2-c2c(cnn2C)CC3)cn1. The highest BCUT2D eigenvalue weighted by Gasteiger charge is 2.30. The van der Waals surface area contributed by atoms with Crippen LogP contribution in [0.25, 0.3) is 11.3 Å². The van der Waals surface area contributed by atoms with Crippen LogP contribution in [0.3, 0.4) is 0 Å². The van der Waals surface area contributed by atoms with E-state index in [2.05, 4.69) is 10.1 Å². The average molecular weight is 356 g/mol. The van der Waals surface area contributed by atoms with E-state index in [9.17, 15) is 4.79 Å². The van der Waals surface area contributed by atoms with Crippen molar-refractivity contribution in [3.05, 3.63) is 40.5 Å². The normalized spacial score (nSPS) is 12.4. The van der Waals surface area contributed by atoms with Crippen LogP contribution in [0.1, 0.15) is 20.8 Å². The van der Waals surface area contributed by atoms with Gasteiger partial charge in [-0.05, 0) is 30.0 Å². The van der Waals surface area contributed by atoms with E-state index in [1.54, 1.807) is 25.4 Å². The van der Waals surface area contributed by atoms with Crippen LogP contribution in [0.5, 0.6) is 16.7 Å². The Morgan fingerprint density at radius 2 is 2.16 bits per heavy atom. The highest BCUT2D eigenvalue weighted by atomic mass is 32.1. The maximum absolute atomic E-state index is 11.9. The minimum atomic E-state index is -0.436. The Morgan fingerprint density at radius 1 is 1.32 bits per heavy atom. The minimum absolute atomic E-state index is 0.436. The van der Waals surface area contributed by atoms with Gasteiger partial charge in [0, 0.05) is 13.1 Å². The van der Waals surface area contributed by atoms with Gasteiger partial charge in [0.2, 0.25) is 5.88 Å². The molecule has 4 rings (SSSR count). The van der Waals surface area contributed by atoms with Gasteiger partial charge < -0.3 is 15.2 Å². The molecule has 128 valence electrons. The zero-order valence-electron chi connectivity index (χ0n) is 13.8. The molecule has 0 bridgehead atoms. The number of ether oxygens (including phenoxy) is 2. The quantitative estimate of drug-likeness (QED) is 0.775. The van der Waals surface area contributed by atoms with Crippen LogP contribution in [0, 0.1) is 0 Å². The molecule has 0 spiro atoms. The van der Waals surface area contributed by atoms with Crippen LogP contribution >= 0.6 is 11.3 Å². The molecular weight excluding hydrogens is 340 g/mol. The topological polar surface area (TPSA) is 92.3 Å². The van der Waals surface area contributed by atoms with Crippen molar-refractivity contribution in [1.82, 2.24) is 14.8 Å². The van der Waals surface area contributed by atoms with Crippen LogP contribution in [0.4, 0.5) is 0 Å². The van der Waals surface area contributed by atoms with E-state index < -0.39 is 5.91 Å². The molecule has 0 atom stereocenters. The van der Waals surface area contributed by atoms with Gasteiger partial charge in [0.05, 0.1) is 35.6 Å². The highest BCUT2D eigenvalue weighted by Crippen LogP contribution is 2.48. The van der Waals surface area contributed by atoms with E-state index in [0.717, 1.165) is 35.2 Å². The molecule has 0 saturated carbocycles. The van der Waals surface area contributed by atoms with Crippen molar-refractivity contribution in [3.63, 3.8) is 0 Å². The molecule has 0 fully saturated rings. The van der Waals surface area contributed by atoms with Crippen molar-refractivity contribution in [2.45, 2.75) is 12.8 Å². The van der Waals surface area contributed by atoms with Gasteiger partial charge in [-0.25, -0.2) is 4.98 Å². The third-order valence-electron chi connectivity index (χ3n) is 4.22. The van der Waals surface area contributed by atoms with Gasteiger partial charge in [-0.15, -0.1) is 0 Å². The molecule has 0 aromatic carbocycles. The lowest BCUT2D eigenvalue weighted by atomic mass is 9.91. The lowest BCUT2D eigenvalue weighted by Gasteiger charge is -2.16. The Hall–Kier alpha value is -2.87.